The van der Waals surface area contributed by atoms with Crippen molar-refractivity contribution >= 4 is 11.6 Å². The summed E-state index contributed by atoms with van der Waals surface area (Å²) in [6.45, 7) is 5.76. The molecule has 0 aliphatic rings. The van der Waals surface area contributed by atoms with Crippen LogP contribution in [-0.4, -0.2) is 23.4 Å². The van der Waals surface area contributed by atoms with Crippen molar-refractivity contribution in [3.8, 4) is 0 Å². The summed E-state index contributed by atoms with van der Waals surface area (Å²) in [4.78, 5) is 1.98. The predicted molar refractivity (Wildman–Crippen MR) is 42.3 cm³/mol. The molecule has 0 radical (unpaired) electrons. The quantitative estimate of drug-likeness (QED) is 0.690. The van der Waals surface area contributed by atoms with Gasteiger partial charge in [-0.25, -0.2) is 4.63 Å². The number of nitrogens with two attached hydrogens (primary N) is 1. The van der Waals surface area contributed by atoms with Crippen LogP contribution in [-0.2, 0) is 0 Å². The summed E-state index contributed by atoms with van der Waals surface area (Å²) in [6.07, 6.45) is 0. The molecule has 11 heavy (non-hydrogen) atoms. The van der Waals surface area contributed by atoms with E-state index in [-0.39, 0.29) is 0 Å². The smallest absolute Gasteiger partial charge is 0.217 e. The lowest BCUT2D eigenvalue weighted by molar-refractivity contribution is 0.309. The minimum absolute atomic E-state index is 0.355. The highest BCUT2D eigenvalue weighted by molar-refractivity contribution is 5.55. The third kappa shape index (κ3) is 1.42. The van der Waals surface area contributed by atoms with Gasteiger partial charge in [0, 0.05) is 13.1 Å². The Bertz CT molecular complexity index is 218. The number of nitrogen functional groups attached to an aromatic ring is 1. The molecule has 0 bridgehead atoms. The summed E-state index contributed by atoms with van der Waals surface area (Å²) in [7, 11) is 0. The maximum absolute atomic E-state index is 5.48. The largest absolute Gasteiger partial charge is 0.378 e. The van der Waals surface area contributed by atoms with E-state index in [2.05, 4.69) is 14.9 Å². The Balaban J connectivity index is 2.81. The van der Waals surface area contributed by atoms with Gasteiger partial charge in [-0.05, 0) is 24.2 Å². The number of hydrogen-bond donors (Lipinski definition) is 1. The first-order valence-corrected chi connectivity index (χ1v) is 3.62. The van der Waals surface area contributed by atoms with E-state index < -0.39 is 0 Å². The summed E-state index contributed by atoms with van der Waals surface area (Å²) in [6, 6.07) is 0. The molecular weight excluding hydrogens is 144 g/mol. The van der Waals surface area contributed by atoms with Crippen LogP contribution < -0.4 is 10.6 Å². The molecule has 1 heterocycles. The predicted octanol–water partition coefficient (Wildman–Crippen LogP) is 0.498. The second-order valence-corrected chi connectivity index (χ2v) is 2.15. The third-order valence-electron chi connectivity index (χ3n) is 1.56. The van der Waals surface area contributed by atoms with Crippen LogP contribution in [0.2, 0.25) is 0 Å². The standard InChI is InChI=1S/C6H12N4O/c1-3-10(4-2)6-5(7)8-11-9-6/h3-4H2,1-2H3,(H2,7,8). The van der Waals surface area contributed by atoms with Crippen LogP contribution in [0.4, 0.5) is 11.6 Å². The Morgan fingerprint density at radius 1 is 1.36 bits per heavy atom. The lowest BCUT2D eigenvalue weighted by atomic mass is 10.5. The van der Waals surface area contributed by atoms with Gasteiger partial charge in [0.1, 0.15) is 0 Å². The van der Waals surface area contributed by atoms with Gasteiger partial charge < -0.3 is 10.6 Å². The van der Waals surface area contributed by atoms with Gasteiger partial charge in [0.25, 0.3) is 0 Å². The minimum Gasteiger partial charge on any atom is -0.378 e. The van der Waals surface area contributed by atoms with Crippen LogP contribution in [0.1, 0.15) is 13.8 Å². The SMILES string of the molecule is CCN(CC)c1nonc1N. The zero-order valence-electron chi connectivity index (χ0n) is 6.74. The van der Waals surface area contributed by atoms with Crippen molar-refractivity contribution in [3.05, 3.63) is 0 Å². The Hall–Kier alpha value is -1.26. The maximum atomic E-state index is 5.48. The van der Waals surface area contributed by atoms with Gasteiger partial charge in [-0.15, -0.1) is 0 Å². The van der Waals surface area contributed by atoms with E-state index in [9.17, 15) is 0 Å². The van der Waals surface area contributed by atoms with Crippen LogP contribution in [0.25, 0.3) is 0 Å². The second-order valence-electron chi connectivity index (χ2n) is 2.15. The molecule has 0 aromatic carbocycles. The molecule has 5 nitrogen and oxygen atoms in total. The van der Waals surface area contributed by atoms with Gasteiger partial charge >= 0.3 is 0 Å². The summed E-state index contributed by atoms with van der Waals surface area (Å²) in [5.74, 6) is 0.990. The van der Waals surface area contributed by atoms with Crippen molar-refractivity contribution in [2.75, 3.05) is 23.7 Å². The fourth-order valence-electron chi connectivity index (χ4n) is 0.934. The molecule has 1 rings (SSSR count). The van der Waals surface area contributed by atoms with Gasteiger partial charge in [-0.3, -0.25) is 0 Å². The molecule has 0 atom stereocenters. The summed E-state index contributed by atoms with van der Waals surface area (Å²) in [5.41, 5.74) is 5.48. The van der Waals surface area contributed by atoms with Gasteiger partial charge in [0.05, 0.1) is 0 Å². The molecule has 0 aliphatic carbocycles. The molecule has 0 fully saturated rings. The van der Waals surface area contributed by atoms with Crippen molar-refractivity contribution in [2.45, 2.75) is 13.8 Å². The molecular formula is C6H12N4O. The Morgan fingerprint density at radius 3 is 2.36 bits per heavy atom. The van der Waals surface area contributed by atoms with E-state index in [4.69, 9.17) is 5.73 Å². The number of rotatable bonds is 3. The second kappa shape index (κ2) is 3.23. The highest BCUT2D eigenvalue weighted by Crippen LogP contribution is 2.16. The van der Waals surface area contributed by atoms with E-state index in [0.717, 1.165) is 13.1 Å². The highest BCUT2D eigenvalue weighted by Gasteiger charge is 2.10. The first-order chi connectivity index (χ1) is 5.29. The normalized spacial score (nSPS) is 10.0. The molecule has 1 aromatic rings. The van der Waals surface area contributed by atoms with E-state index in [1.165, 1.54) is 0 Å². The number of hydrogen-bond acceptors (Lipinski definition) is 5. The molecule has 0 spiro atoms. The molecule has 0 unspecified atom stereocenters. The maximum Gasteiger partial charge on any atom is 0.217 e. The Labute approximate surface area is 65.1 Å². The average molecular weight is 156 g/mol. The molecule has 0 aliphatic heterocycles. The first-order valence-electron chi connectivity index (χ1n) is 3.62. The number of aromatic nitrogens is 2. The zero-order chi connectivity index (χ0) is 8.27. The van der Waals surface area contributed by atoms with Crippen LogP contribution >= 0.6 is 0 Å². The van der Waals surface area contributed by atoms with Crippen molar-refractivity contribution in [1.29, 1.82) is 0 Å². The van der Waals surface area contributed by atoms with Gasteiger partial charge in [0.2, 0.25) is 11.6 Å². The number of anilines is 2. The van der Waals surface area contributed by atoms with Crippen LogP contribution in [0, 0.1) is 0 Å². The monoisotopic (exact) mass is 156 g/mol. The van der Waals surface area contributed by atoms with Gasteiger partial charge in [-0.1, -0.05) is 0 Å². The van der Waals surface area contributed by atoms with E-state index in [0.29, 0.717) is 11.6 Å². The fraction of sp³-hybridized carbons (Fsp3) is 0.667. The number of nitrogens with zero attached hydrogens (tertiary/aromatic N) is 3. The van der Waals surface area contributed by atoms with E-state index in [1.54, 1.807) is 0 Å². The van der Waals surface area contributed by atoms with E-state index in [1.807, 2.05) is 18.7 Å². The van der Waals surface area contributed by atoms with Gasteiger partial charge in [0.15, 0.2) is 0 Å². The molecule has 0 saturated heterocycles. The molecule has 5 heteroatoms. The topological polar surface area (TPSA) is 68.2 Å². The van der Waals surface area contributed by atoms with Crippen LogP contribution in [0.15, 0.2) is 4.63 Å². The lowest BCUT2D eigenvalue weighted by Gasteiger charge is -2.15. The molecule has 62 valence electrons. The van der Waals surface area contributed by atoms with Crippen molar-refractivity contribution in [3.63, 3.8) is 0 Å². The summed E-state index contributed by atoms with van der Waals surface area (Å²) < 4.78 is 4.46. The highest BCUT2D eigenvalue weighted by atomic mass is 16.6. The average Bonchev–Trinajstić information content (AvgIpc) is 2.40. The summed E-state index contributed by atoms with van der Waals surface area (Å²) in [5, 5.41) is 7.16. The lowest BCUT2D eigenvalue weighted by Crippen LogP contribution is -2.23. The summed E-state index contributed by atoms with van der Waals surface area (Å²) >= 11 is 0. The fourth-order valence-corrected chi connectivity index (χ4v) is 0.934. The molecule has 2 N–H and O–H groups in total. The third-order valence-corrected chi connectivity index (χ3v) is 1.56. The Morgan fingerprint density at radius 2 is 2.00 bits per heavy atom. The van der Waals surface area contributed by atoms with Crippen LogP contribution in [0.5, 0.6) is 0 Å². The van der Waals surface area contributed by atoms with Crippen molar-refractivity contribution < 1.29 is 4.63 Å². The van der Waals surface area contributed by atoms with Crippen LogP contribution in [0.3, 0.4) is 0 Å². The van der Waals surface area contributed by atoms with Crippen molar-refractivity contribution in [2.24, 2.45) is 0 Å². The zero-order valence-corrected chi connectivity index (χ0v) is 6.74. The first kappa shape index (κ1) is 7.84. The molecule has 1 aromatic heterocycles. The van der Waals surface area contributed by atoms with E-state index >= 15 is 0 Å². The minimum atomic E-state index is 0.355. The van der Waals surface area contributed by atoms with Crippen molar-refractivity contribution in [1.82, 2.24) is 10.3 Å². The van der Waals surface area contributed by atoms with Gasteiger partial charge in [-0.2, -0.15) is 0 Å². The molecule has 0 saturated carbocycles. The Kier molecular flexibility index (Phi) is 2.30. The molecule has 0 amide bonds.